The smallest absolute Gasteiger partial charge is 0.255 e. The Hall–Kier alpha value is -2.44. The van der Waals surface area contributed by atoms with E-state index in [0.29, 0.717) is 42.5 Å². The van der Waals surface area contributed by atoms with Crippen LogP contribution in [-0.4, -0.2) is 54.3 Å². The lowest BCUT2D eigenvalue weighted by atomic mass is 10.1. The number of benzene rings is 2. The Balaban J connectivity index is 1.52. The van der Waals surface area contributed by atoms with Crippen LogP contribution in [0.25, 0.3) is 0 Å². The normalized spacial score (nSPS) is 14.9. The van der Waals surface area contributed by atoms with Crippen molar-refractivity contribution in [3.05, 3.63) is 64.4 Å². The molecule has 1 fully saturated rings. The molecule has 0 atom stereocenters. The zero-order chi connectivity index (χ0) is 19.4. The lowest BCUT2D eigenvalue weighted by Crippen LogP contribution is -2.50. The van der Waals surface area contributed by atoms with Gasteiger partial charge in [0, 0.05) is 31.9 Å². The van der Waals surface area contributed by atoms with Gasteiger partial charge in [-0.25, -0.2) is 4.39 Å². The van der Waals surface area contributed by atoms with E-state index in [9.17, 15) is 14.0 Å². The predicted octanol–water partition coefficient (Wildman–Crippen LogP) is 3.18. The summed E-state index contributed by atoms with van der Waals surface area (Å²) in [7, 11) is 0. The molecule has 0 unspecified atom stereocenters. The summed E-state index contributed by atoms with van der Waals surface area (Å²) in [4.78, 5) is 28.5. The average molecular weight is 390 g/mol. The van der Waals surface area contributed by atoms with Gasteiger partial charge in [-0.2, -0.15) is 0 Å². The van der Waals surface area contributed by atoms with Crippen LogP contribution < -0.4 is 5.32 Å². The van der Waals surface area contributed by atoms with Gasteiger partial charge in [0.05, 0.1) is 17.1 Å². The Kier molecular flexibility index (Phi) is 6.08. The highest BCUT2D eigenvalue weighted by Gasteiger charge is 2.24. The Morgan fingerprint density at radius 2 is 1.81 bits per heavy atom. The predicted molar refractivity (Wildman–Crippen MR) is 104 cm³/mol. The topological polar surface area (TPSA) is 52.7 Å². The molecule has 1 N–H and O–H groups in total. The summed E-state index contributed by atoms with van der Waals surface area (Å²) in [5.74, 6) is -0.683. The van der Waals surface area contributed by atoms with E-state index in [0.717, 1.165) is 5.56 Å². The van der Waals surface area contributed by atoms with Gasteiger partial charge in [0.15, 0.2) is 0 Å². The third kappa shape index (κ3) is 4.84. The van der Waals surface area contributed by atoms with Crippen LogP contribution in [0.4, 0.5) is 10.1 Å². The molecule has 0 spiro atoms. The number of halogens is 2. The molecule has 2 aromatic rings. The number of nitrogens with one attached hydrogen (secondary N) is 1. The first-order chi connectivity index (χ1) is 12.9. The van der Waals surface area contributed by atoms with Gasteiger partial charge >= 0.3 is 0 Å². The van der Waals surface area contributed by atoms with Gasteiger partial charge in [0.25, 0.3) is 5.91 Å². The highest BCUT2D eigenvalue weighted by molar-refractivity contribution is 6.33. The number of anilines is 1. The molecule has 27 heavy (non-hydrogen) atoms. The summed E-state index contributed by atoms with van der Waals surface area (Å²) in [6.07, 6.45) is 0. The largest absolute Gasteiger partial charge is 0.336 e. The number of carbonyl (C=O) groups excluding carboxylic acids is 2. The van der Waals surface area contributed by atoms with Crippen molar-refractivity contribution in [1.29, 1.82) is 0 Å². The van der Waals surface area contributed by atoms with E-state index in [4.69, 9.17) is 11.6 Å². The van der Waals surface area contributed by atoms with Crippen molar-refractivity contribution in [1.82, 2.24) is 9.80 Å². The summed E-state index contributed by atoms with van der Waals surface area (Å²) in [6.45, 7) is 4.24. The zero-order valence-electron chi connectivity index (χ0n) is 15.0. The Morgan fingerprint density at radius 1 is 1.11 bits per heavy atom. The van der Waals surface area contributed by atoms with Gasteiger partial charge in [0.2, 0.25) is 5.91 Å². The standard InChI is InChI=1S/C20H21ClFN3O2/c1-14-6-7-15(22)12-18(14)23-19(26)13-24-8-10-25(11-9-24)20(27)16-4-2-3-5-17(16)21/h2-7,12H,8-11,13H2,1H3,(H,23,26). The number of rotatable bonds is 4. The van der Waals surface area contributed by atoms with Crippen LogP contribution in [0.1, 0.15) is 15.9 Å². The van der Waals surface area contributed by atoms with Crippen molar-refractivity contribution in [3.63, 3.8) is 0 Å². The summed E-state index contributed by atoms with van der Waals surface area (Å²) in [5, 5.41) is 3.19. The number of piperazine rings is 1. The lowest BCUT2D eigenvalue weighted by Gasteiger charge is -2.34. The molecule has 142 valence electrons. The zero-order valence-corrected chi connectivity index (χ0v) is 15.8. The minimum Gasteiger partial charge on any atom is -0.336 e. The Labute approximate surface area is 162 Å². The van der Waals surface area contributed by atoms with Crippen molar-refractivity contribution in [2.75, 3.05) is 38.0 Å². The van der Waals surface area contributed by atoms with Crippen molar-refractivity contribution >= 4 is 29.1 Å². The van der Waals surface area contributed by atoms with Crippen LogP contribution in [0.3, 0.4) is 0 Å². The van der Waals surface area contributed by atoms with Gasteiger partial charge in [-0.3, -0.25) is 14.5 Å². The first-order valence-corrected chi connectivity index (χ1v) is 9.14. The second-order valence-corrected chi connectivity index (χ2v) is 6.96. The molecule has 1 saturated heterocycles. The van der Waals surface area contributed by atoms with Crippen LogP contribution in [0.15, 0.2) is 42.5 Å². The minimum atomic E-state index is -0.386. The molecule has 7 heteroatoms. The van der Waals surface area contributed by atoms with Crippen LogP contribution in [0, 0.1) is 12.7 Å². The SMILES string of the molecule is Cc1ccc(F)cc1NC(=O)CN1CCN(C(=O)c2ccccc2Cl)CC1. The molecule has 1 heterocycles. The molecule has 0 aromatic heterocycles. The summed E-state index contributed by atoms with van der Waals surface area (Å²) < 4.78 is 13.3. The van der Waals surface area contributed by atoms with Crippen molar-refractivity contribution in [2.24, 2.45) is 0 Å². The van der Waals surface area contributed by atoms with E-state index in [-0.39, 0.29) is 24.2 Å². The Bertz CT molecular complexity index is 851. The van der Waals surface area contributed by atoms with E-state index < -0.39 is 0 Å². The molecule has 3 rings (SSSR count). The molecule has 1 aliphatic heterocycles. The molecule has 1 aliphatic rings. The van der Waals surface area contributed by atoms with Crippen molar-refractivity contribution < 1.29 is 14.0 Å². The van der Waals surface area contributed by atoms with Crippen LogP contribution in [0.2, 0.25) is 5.02 Å². The number of aryl methyl sites for hydroxylation is 1. The fourth-order valence-corrected chi connectivity index (χ4v) is 3.25. The van der Waals surface area contributed by atoms with E-state index in [1.54, 1.807) is 35.2 Å². The fourth-order valence-electron chi connectivity index (χ4n) is 3.04. The van der Waals surface area contributed by atoms with E-state index in [2.05, 4.69) is 5.32 Å². The van der Waals surface area contributed by atoms with E-state index in [1.807, 2.05) is 11.8 Å². The maximum absolute atomic E-state index is 13.3. The maximum Gasteiger partial charge on any atom is 0.255 e. The van der Waals surface area contributed by atoms with Crippen LogP contribution >= 0.6 is 11.6 Å². The lowest BCUT2D eigenvalue weighted by molar-refractivity contribution is -0.117. The number of carbonyl (C=O) groups is 2. The van der Waals surface area contributed by atoms with E-state index in [1.165, 1.54) is 12.1 Å². The van der Waals surface area contributed by atoms with E-state index >= 15 is 0 Å². The van der Waals surface area contributed by atoms with Crippen molar-refractivity contribution in [3.8, 4) is 0 Å². The average Bonchev–Trinajstić information content (AvgIpc) is 2.65. The van der Waals surface area contributed by atoms with Gasteiger partial charge in [-0.05, 0) is 36.8 Å². The summed E-state index contributed by atoms with van der Waals surface area (Å²) in [6, 6.07) is 11.3. The number of nitrogens with zero attached hydrogens (tertiary/aromatic N) is 2. The van der Waals surface area contributed by atoms with Gasteiger partial charge < -0.3 is 10.2 Å². The van der Waals surface area contributed by atoms with Crippen LogP contribution in [0.5, 0.6) is 0 Å². The van der Waals surface area contributed by atoms with Gasteiger partial charge in [-0.1, -0.05) is 29.8 Å². The highest BCUT2D eigenvalue weighted by Crippen LogP contribution is 2.18. The third-order valence-corrected chi connectivity index (χ3v) is 4.93. The molecule has 2 aromatic carbocycles. The fraction of sp³-hybridized carbons (Fsp3) is 0.300. The van der Waals surface area contributed by atoms with Gasteiger partial charge in [-0.15, -0.1) is 0 Å². The minimum absolute atomic E-state index is 0.0971. The number of hydrogen-bond acceptors (Lipinski definition) is 3. The number of amides is 2. The number of hydrogen-bond donors (Lipinski definition) is 1. The molecular weight excluding hydrogens is 369 g/mol. The molecule has 0 bridgehead atoms. The quantitative estimate of drug-likeness (QED) is 0.873. The summed E-state index contributed by atoms with van der Waals surface area (Å²) >= 11 is 6.10. The van der Waals surface area contributed by atoms with Gasteiger partial charge in [0.1, 0.15) is 5.82 Å². The second kappa shape index (κ2) is 8.50. The molecule has 0 radical (unpaired) electrons. The third-order valence-electron chi connectivity index (χ3n) is 4.60. The monoisotopic (exact) mass is 389 g/mol. The second-order valence-electron chi connectivity index (χ2n) is 6.56. The van der Waals surface area contributed by atoms with Crippen LogP contribution in [-0.2, 0) is 4.79 Å². The molecule has 5 nitrogen and oxygen atoms in total. The molecule has 0 aliphatic carbocycles. The first-order valence-electron chi connectivity index (χ1n) is 8.76. The highest BCUT2D eigenvalue weighted by atomic mass is 35.5. The Morgan fingerprint density at radius 3 is 2.52 bits per heavy atom. The molecule has 0 saturated carbocycles. The maximum atomic E-state index is 13.3. The molecule has 2 amide bonds. The summed E-state index contributed by atoms with van der Waals surface area (Å²) in [5.41, 5.74) is 1.78. The molecular formula is C20H21ClFN3O2. The first kappa shape index (κ1) is 19.3. The van der Waals surface area contributed by atoms with Crippen molar-refractivity contribution in [2.45, 2.75) is 6.92 Å².